The lowest BCUT2D eigenvalue weighted by atomic mass is 10.00. The van der Waals surface area contributed by atoms with Crippen molar-refractivity contribution in [1.29, 1.82) is 0 Å². The van der Waals surface area contributed by atoms with E-state index in [1.807, 2.05) is 27.0 Å². The summed E-state index contributed by atoms with van der Waals surface area (Å²) in [5, 5.41) is 4.59. The number of rotatable bonds is 2. The van der Waals surface area contributed by atoms with Crippen molar-refractivity contribution in [3.05, 3.63) is 47.4 Å². The van der Waals surface area contributed by atoms with Crippen LogP contribution in [0.1, 0.15) is 17.1 Å². The number of benzene rings is 1. The maximum atomic E-state index is 6.24. The molecule has 2 heterocycles. The number of furan rings is 1. The van der Waals surface area contributed by atoms with E-state index in [1.54, 1.807) is 4.68 Å². The summed E-state index contributed by atoms with van der Waals surface area (Å²) >= 11 is 0. The number of hydrogen-bond acceptors (Lipinski definition) is 3. The number of nitrogens with zero attached hydrogens (tertiary/aromatic N) is 2. The molecule has 0 saturated heterocycles. The Kier molecular flexibility index (Phi) is 3.09. The summed E-state index contributed by atoms with van der Waals surface area (Å²) < 4.78 is 7.35. The number of nitrogens with two attached hydrogens (primary N) is 1. The molecule has 2 aromatic heterocycles. The first-order chi connectivity index (χ1) is 9.97. The van der Waals surface area contributed by atoms with E-state index in [0.29, 0.717) is 5.82 Å². The maximum Gasteiger partial charge on any atom is 0.129 e. The fourth-order valence-corrected chi connectivity index (χ4v) is 2.60. The summed E-state index contributed by atoms with van der Waals surface area (Å²) in [6.07, 6.45) is 0. The van der Waals surface area contributed by atoms with Crippen molar-refractivity contribution in [2.45, 2.75) is 20.8 Å². The van der Waals surface area contributed by atoms with Crippen LogP contribution in [-0.4, -0.2) is 9.78 Å². The van der Waals surface area contributed by atoms with Crippen molar-refractivity contribution < 1.29 is 4.42 Å². The molecule has 2 N–H and O–H groups in total. The van der Waals surface area contributed by atoms with Crippen molar-refractivity contribution in [1.82, 2.24) is 9.78 Å². The lowest BCUT2D eigenvalue weighted by Crippen LogP contribution is -1.97. The van der Waals surface area contributed by atoms with E-state index in [2.05, 4.69) is 36.3 Å². The van der Waals surface area contributed by atoms with Crippen molar-refractivity contribution in [3.63, 3.8) is 0 Å². The Morgan fingerprint density at radius 2 is 1.76 bits per heavy atom. The molecule has 0 bridgehead atoms. The summed E-state index contributed by atoms with van der Waals surface area (Å²) in [6, 6.07) is 10.3. The fourth-order valence-electron chi connectivity index (χ4n) is 2.60. The second-order valence-electron chi connectivity index (χ2n) is 5.43. The van der Waals surface area contributed by atoms with Crippen LogP contribution < -0.4 is 5.73 Å². The number of hydrogen-bond donors (Lipinski definition) is 1. The van der Waals surface area contributed by atoms with Crippen molar-refractivity contribution in [2.24, 2.45) is 7.05 Å². The standard InChI is InChI=1S/C17H19N3O/c1-10-5-7-13(8-6-10)15-16(19-20(4)17(15)18)14-9-11(2)21-12(14)3/h5-9H,18H2,1-4H3. The highest BCUT2D eigenvalue weighted by atomic mass is 16.3. The monoisotopic (exact) mass is 281 g/mol. The van der Waals surface area contributed by atoms with Crippen LogP contribution >= 0.6 is 0 Å². The second-order valence-corrected chi connectivity index (χ2v) is 5.43. The Bertz CT molecular complexity index is 794. The Balaban J connectivity index is 2.25. The number of anilines is 1. The highest BCUT2D eigenvalue weighted by Gasteiger charge is 2.20. The highest BCUT2D eigenvalue weighted by Crippen LogP contribution is 2.38. The van der Waals surface area contributed by atoms with Gasteiger partial charge in [0.1, 0.15) is 23.0 Å². The van der Waals surface area contributed by atoms with Crippen LogP contribution in [0.4, 0.5) is 5.82 Å². The van der Waals surface area contributed by atoms with Gasteiger partial charge in [0.05, 0.1) is 5.56 Å². The van der Waals surface area contributed by atoms with Crippen LogP contribution in [0.2, 0.25) is 0 Å². The second kappa shape index (κ2) is 4.81. The van der Waals surface area contributed by atoms with E-state index in [1.165, 1.54) is 5.56 Å². The van der Waals surface area contributed by atoms with Gasteiger partial charge in [-0.2, -0.15) is 5.10 Å². The Labute approximate surface area is 124 Å². The normalized spacial score (nSPS) is 11.0. The smallest absolute Gasteiger partial charge is 0.129 e. The van der Waals surface area contributed by atoms with Gasteiger partial charge in [-0.05, 0) is 32.4 Å². The number of nitrogen functional groups attached to an aromatic ring is 1. The summed E-state index contributed by atoms with van der Waals surface area (Å²) in [4.78, 5) is 0. The third kappa shape index (κ3) is 2.23. The van der Waals surface area contributed by atoms with Crippen molar-refractivity contribution in [3.8, 4) is 22.4 Å². The molecule has 21 heavy (non-hydrogen) atoms. The molecule has 0 aliphatic heterocycles. The van der Waals surface area contributed by atoms with Gasteiger partial charge in [0.15, 0.2) is 0 Å². The number of aryl methyl sites for hydroxylation is 4. The van der Waals surface area contributed by atoms with Crippen LogP contribution in [0, 0.1) is 20.8 Å². The molecule has 1 aromatic carbocycles. The van der Waals surface area contributed by atoms with Gasteiger partial charge >= 0.3 is 0 Å². The highest BCUT2D eigenvalue weighted by molar-refractivity contribution is 5.88. The Morgan fingerprint density at radius 1 is 1.10 bits per heavy atom. The molecule has 0 atom stereocenters. The van der Waals surface area contributed by atoms with Crippen LogP contribution in [0.15, 0.2) is 34.7 Å². The molecular formula is C17H19N3O. The molecule has 0 saturated carbocycles. The lowest BCUT2D eigenvalue weighted by Gasteiger charge is -2.04. The molecule has 0 unspecified atom stereocenters. The molecule has 3 rings (SSSR count). The molecule has 4 nitrogen and oxygen atoms in total. The zero-order valence-corrected chi connectivity index (χ0v) is 12.8. The zero-order chi connectivity index (χ0) is 15.1. The van der Waals surface area contributed by atoms with Crippen molar-refractivity contribution >= 4 is 5.82 Å². The molecule has 0 fully saturated rings. The van der Waals surface area contributed by atoms with Gasteiger partial charge < -0.3 is 10.2 Å². The quantitative estimate of drug-likeness (QED) is 0.776. The summed E-state index contributed by atoms with van der Waals surface area (Å²) in [5.74, 6) is 2.40. The van der Waals surface area contributed by atoms with E-state index in [0.717, 1.165) is 33.9 Å². The van der Waals surface area contributed by atoms with E-state index >= 15 is 0 Å². The summed E-state index contributed by atoms with van der Waals surface area (Å²) in [5.41, 5.74) is 11.4. The van der Waals surface area contributed by atoms with Crippen LogP contribution in [0.3, 0.4) is 0 Å². The minimum atomic E-state index is 0.659. The van der Waals surface area contributed by atoms with E-state index in [-0.39, 0.29) is 0 Å². The molecular weight excluding hydrogens is 262 g/mol. The topological polar surface area (TPSA) is 57.0 Å². The first-order valence-corrected chi connectivity index (χ1v) is 6.94. The third-order valence-electron chi connectivity index (χ3n) is 3.73. The molecule has 0 aliphatic rings. The minimum absolute atomic E-state index is 0.659. The molecule has 0 spiro atoms. The number of aromatic nitrogens is 2. The molecule has 0 radical (unpaired) electrons. The van der Waals surface area contributed by atoms with Crippen LogP contribution in [0.25, 0.3) is 22.4 Å². The third-order valence-corrected chi connectivity index (χ3v) is 3.73. The summed E-state index contributed by atoms with van der Waals surface area (Å²) in [6.45, 7) is 5.96. The predicted octanol–water partition coefficient (Wildman–Crippen LogP) is 3.85. The van der Waals surface area contributed by atoms with Crippen LogP contribution in [0.5, 0.6) is 0 Å². The van der Waals surface area contributed by atoms with E-state index in [9.17, 15) is 0 Å². The Hall–Kier alpha value is -2.49. The van der Waals surface area contributed by atoms with E-state index < -0.39 is 0 Å². The molecule has 4 heteroatoms. The Morgan fingerprint density at radius 3 is 2.33 bits per heavy atom. The first-order valence-electron chi connectivity index (χ1n) is 6.94. The zero-order valence-electron chi connectivity index (χ0n) is 12.8. The molecule has 3 aromatic rings. The predicted molar refractivity (Wildman–Crippen MR) is 85.0 cm³/mol. The largest absolute Gasteiger partial charge is 0.466 e. The van der Waals surface area contributed by atoms with Gasteiger partial charge in [0.2, 0.25) is 0 Å². The summed E-state index contributed by atoms with van der Waals surface area (Å²) in [7, 11) is 1.86. The van der Waals surface area contributed by atoms with Crippen molar-refractivity contribution in [2.75, 3.05) is 5.73 Å². The molecule has 0 amide bonds. The van der Waals surface area contributed by atoms with Crippen LogP contribution in [-0.2, 0) is 7.05 Å². The maximum absolute atomic E-state index is 6.24. The van der Waals surface area contributed by atoms with Gasteiger partial charge in [-0.15, -0.1) is 0 Å². The van der Waals surface area contributed by atoms with Gasteiger partial charge in [-0.3, -0.25) is 4.68 Å². The lowest BCUT2D eigenvalue weighted by molar-refractivity contribution is 0.505. The minimum Gasteiger partial charge on any atom is -0.466 e. The fraction of sp³-hybridized carbons (Fsp3) is 0.235. The van der Waals surface area contributed by atoms with Gasteiger partial charge in [0.25, 0.3) is 0 Å². The molecule has 0 aliphatic carbocycles. The first kappa shape index (κ1) is 13.5. The van der Waals surface area contributed by atoms with E-state index in [4.69, 9.17) is 10.2 Å². The SMILES string of the molecule is Cc1ccc(-c2c(-c3cc(C)oc3C)nn(C)c2N)cc1. The van der Waals surface area contributed by atoms with Gasteiger partial charge in [-0.1, -0.05) is 29.8 Å². The van der Waals surface area contributed by atoms with Gasteiger partial charge in [0, 0.05) is 12.6 Å². The average molecular weight is 281 g/mol. The molecule has 108 valence electrons. The van der Waals surface area contributed by atoms with Gasteiger partial charge in [-0.25, -0.2) is 0 Å². The average Bonchev–Trinajstić information content (AvgIpc) is 2.92.